The number of nitrogens with one attached hydrogen (secondary N) is 1. The lowest BCUT2D eigenvalue weighted by Gasteiger charge is -2.10. The summed E-state index contributed by atoms with van der Waals surface area (Å²) in [6.45, 7) is 4.97. The van der Waals surface area contributed by atoms with Gasteiger partial charge in [-0.05, 0) is 43.7 Å². The summed E-state index contributed by atoms with van der Waals surface area (Å²) in [5.41, 5.74) is 1.86. The number of nitro benzene ring substituents is 1. The molecule has 1 amide bonds. The number of amides is 1. The fourth-order valence-electron chi connectivity index (χ4n) is 3.09. The highest BCUT2D eigenvalue weighted by Crippen LogP contribution is 2.30. The van der Waals surface area contributed by atoms with Gasteiger partial charge in [0.05, 0.1) is 16.4 Å². The van der Waals surface area contributed by atoms with Crippen molar-refractivity contribution in [3.8, 4) is 11.8 Å². The van der Waals surface area contributed by atoms with Gasteiger partial charge in [0.1, 0.15) is 16.7 Å². The minimum Gasteiger partial charge on any atom is -0.318 e. The Morgan fingerprint density at radius 2 is 2.06 bits per heavy atom. The first-order valence-corrected chi connectivity index (χ1v) is 12.5. The number of hydrogen-bond donors (Lipinski definition) is 1. The van der Waals surface area contributed by atoms with Crippen LogP contribution >= 0.6 is 22.9 Å². The van der Waals surface area contributed by atoms with Gasteiger partial charge in [0, 0.05) is 17.5 Å². The Morgan fingerprint density at radius 1 is 1.35 bits per heavy atom. The maximum Gasteiger partial charge on any atom is 0.289 e. The Balaban J connectivity index is 1.93. The molecule has 2 heterocycles. The predicted octanol–water partition coefficient (Wildman–Crippen LogP) is 3.85. The van der Waals surface area contributed by atoms with Gasteiger partial charge in [-0.3, -0.25) is 20.2 Å². The van der Waals surface area contributed by atoms with Crippen LogP contribution in [0.3, 0.4) is 0 Å². The molecule has 0 radical (unpaired) electrons. The van der Waals surface area contributed by atoms with Crippen LogP contribution in [-0.2, 0) is 14.6 Å². The van der Waals surface area contributed by atoms with Crippen molar-refractivity contribution in [3.63, 3.8) is 0 Å². The number of hydrogen-bond acceptors (Lipinski definition) is 9. The molecule has 0 spiro atoms. The van der Waals surface area contributed by atoms with Gasteiger partial charge in [-0.15, -0.1) is 10.2 Å². The van der Waals surface area contributed by atoms with Crippen molar-refractivity contribution in [2.24, 2.45) is 0 Å². The molecule has 0 aliphatic carbocycles. The van der Waals surface area contributed by atoms with Crippen LogP contribution in [0.15, 0.2) is 34.2 Å². The van der Waals surface area contributed by atoms with E-state index < -0.39 is 20.7 Å². The lowest BCUT2D eigenvalue weighted by molar-refractivity contribution is -0.384. The van der Waals surface area contributed by atoms with Crippen LogP contribution in [0.25, 0.3) is 11.8 Å². The molecular weight excluding hydrogens is 504 g/mol. The molecule has 0 unspecified atom stereocenters. The van der Waals surface area contributed by atoms with Crippen molar-refractivity contribution < 1.29 is 18.1 Å². The molecule has 176 valence electrons. The highest BCUT2D eigenvalue weighted by molar-refractivity contribution is 7.93. The smallest absolute Gasteiger partial charge is 0.289 e. The molecular formula is C20H17ClN6O5S2. The van der Waals surface area contributed by atoms with Crippen molar-refractivity contribution in [2.75, 3.05) is 11.1 Å². The second kappa shape index (κ2) is 9.72. The Hall–Kier alpha value is -3.60. The van der Waals surface area contributed by atoms with Crippen LogP contribution in [-0.4, -0.2) is 39.8 Å². The molecule has 0 aliphatic rings. The number of benzene rings is 1. The number of sulfone groups is 1. The molecule has 0 aliphatic heterocycles. The molecule has 1 N–H and O–H groups in total. The zero-order valence-electron chi connectivity index (χ0n) is 18.1. The van der Waals surface area contributed by atoms with Gasteiger partial charge in [-0.1, -0.05) is 29.9 Å². The summed E-state index contributed by atoms with van der Waals surface area (Å²) < 4.78 is 25.3. The van der Waals surface area contributed by atoms with Gasteiger partial charge >= 0.3 is 0 Å². The first-order valence-electron chi connectivity index (χ1n) is 9.61. The standard InChI is InChI=1S/C20H17ClN6O5S2/c1-4-34(31,32)20-25-24-19(33-20)23-18(28)14(10-22)8-13-7-11(2)26(12(13)3)15-5-6-16(21)17(9-15)27(29)30/h5-9H,4H2,1-3H3,(H,23,24,28). The van der Waals surface area contributed by atoms with E-state index in [2.05, 4.69) is 15.5 Å². The van der Waals surface area contributed by atoms with E-state index in [4.69, 9.17) is 11.6 Å². The van der Waals surface area contributed by atoms with Crippen molar-refractivity contribution >= 4 is 55.6 Å². The first kappa shape index (κ1) is 25.0. The highest BCUT2D eigenvalue weighted by Gasteiger charge is 2.21. The van der Waals surface area contributed by atoms with Crippen LogP contribution in [0.1, 0.15) is 23.9 Å². The summed E-state index contributed by atoms with van der Waals surface area (Å²) in [5.74, 6) is -0.947. The minimum atomic E-state index is -3.57. The van der Waals surface area contributed by atoms with E-state index in [9.17, 15) is 28.6 Å². The summed E-state index contributed by atoms with van der Waals surface area (Å²) in [5, 5.41) is 30.3. The third-order valence-electron chi connectivity index (χ3n) is 4.79. The molecule has 1 aromatic carbocycles. The van der Waals surface area contributed by atoms with Crippen molar-refractivity contribution in [2.45, 2.75) is 25.1 Å². The number of aryl methyl sites for hydroxylation is 1. The summed E-state index contributed by atoms with van der Waals surface area (Å²) in [6.07, 6.45) is 1.36. The maximum absolute atomic E-state index is 12.6. The van der Waals surface area contributed by atoms with Gasteiger partial charge in [0.15, 0.2) is 0 Å². The van der Waals surface area contributed by atoms with E-state index in [-0.39, 0.29) is 31.5 Å². The molecule has 34 heavy (non-hydrogen) atoms. The van der Waals surface area contributed by atoms with E-state index in [1.54, 1.807) is 30.5 Å². The molecule has 14 heteroatoms. The lowest BCUT2D eigenvalue weighted by Crippen LogP contribution is -2.13. The van der Waals surface area contributed by atoms with Crippen LogP contribution < -0.4 is 5.32 Å². The molecule has 0 atom stereocenters. The van der Waals surface area contributed by atoms with E-state index in [0.29, 0.717) is 34.0 Å². The minimum absolute atomic E-state index is 0.00587. The number of anilines is 1. The molecule has 2 aromatic heterocycles. The van der Waals surface area contributed by atoms with Crippen LogP contribution in [0.2, 0.25) is 5.02 Å². The average molecular weight is 521 g/mol. The zero-order chi connectivity index (χ0) is 25.2. The fraction of sp³-hybridized carbons (Fsp3) is 0.200. The molecule has 0 saturated heterocycles. The summed E-state index contributed by atoms with van der Waals surface area (Å²) in [6, 6.07) is 7.92. The largest absolute Gasteiger partial charge is 0.318 e. The second-order valence-electron chi connectivity index (χ2n) is 6.96. The van der Waals surface area contributed by atoms with E-state index in [1.807, 2.05) is 6.07 Å². The zero-order valence-corrected chi connectivity index (χ0v) is 20.5. The number of nitriles is 1. The van der Waals surface area contributed by atoms with Gasteiger partial charge in [0.2, 0.25) is 19.3 Å². The number of carbonyl (C=O) groups is 1. The predicted molar refractivity (Wildman–Crippen MR) is 127 cm³/mol. The SMILES string of the molecule is CCS(=O)(=O)c1nnc(NC(=O)C(C#N)=Cc2cc(C)n(-c3ccc(Cl)c([N+](=O)[O-])c3)c2C)s1. The Kier molecular flexibility index (Phi) is 7.15. The third-order valence-corrected chi connectivity index (χ3v) is 8.13. The Bertz CT molecular complexity index is 1480. The lowest BCUT2D eigenvalue weighted by atomic mass is 10.1. The summed E-state index contributed by atoms with van der Waals surface area (Å²) >= 11 is 6.59. The van der Waals surface area contributed by atoms with E-state index in [0.717, 1.165) is 0 Å². The number of rotatable bonds is 7. The van der Waals surface area contributed by atoms with Crippen LogP contribution in [0.5, 0.6) is 0 Å². The molecule has 0 bridgehead atoms. The Labute approximate surface area is 203 Å². The maximum atomic E-state index is 12.6. The quantitative estimate of drug-likeness (QED) is 0.161. The topological polar surface area (TPSA) is 161 Å². The second-order valence-corrected chi connectivity index (χ2v) is 10.8. The summed E-state index contributed by atoms with van der Waals surface area (Å²) in [7, 11) is -3.57. The normalized spacial score (nSPS) is 11.8. The monoisotopic (exact) mass is 520 g/mol. The third kappa shape index (κ3) is 4.98. The van der Waals surface area contributed by atoms with Crippen LogP contribution in [0, 0.1) is 35.3 Å². The average Bonchev–Trinajstić information content (AvgIpc) is 3.36. The van der Waals surface area contributed by atoms with Gasteiger partial charge < -0.3 is 4.57 Å². The van der Waals surface area contributed by atoms with E-state index >= 15 is 0 Å². The summed E-state index contributed by atoms with van der Waals surface area (Å²) in [4.78, 5) is 23.3. The number of carbonyl (C=O) groups excluding carboxylic acids is 1. The van der Waals surface area contributed by atoms with Gasteiger partial charge in [0.25, 0.3) is 11.6 Å². The number of aromatic nitrogens is 3. The molecule has 11 nitrogen and oxygen atoms in total. The molecule has 3 aromatic rings. The number of nitrogens with zero attached hydrogens (tertiary/aromatic N) is 5. The van der Waals surface area contributed by atoms with Crippen LogP contribution in [0.4, 0.5) is 10.8 Å². The number of halogens is 1. The fourth-order valence-corrected chi connectivity index (χ4v) is 5.26. The molecule has 3 rings (SSSR count). The van der Waals surface area contributed by atoms with Crippen molar-refractivity contribution in [1.29, 1.82) is 5.26 Å². The highest BCUT2D eigenvalue weighted by atomic mass is 35.5. The Morgan fingerprint density at radius 3 is 2.68 bits per heavy atom. The number of nitro groups is 1. The van der Waals surface area contributed by atoms with E-state index in [1.165, 1.54) is 25.1 Å². The molecule has 0 fully saturated rings. The van der Waals surface area contributed by atoms with Crippen molar-refractivity contribution in [1.82, 2.24) is 14.8 Å². The molecule has 0 saturated carbocycles. The van der Waals surface area contributed by atoms with Gasteiger partial charge in [-0.2, -0.15) is 5.26 Å². The van der Waals surface area contributed by atoms with Crippen molar-refractivity contribution in [3.05, 3.63) is 61.9 Å². The van der Waals surface area contributed by atoms with Gasteiger partial charge in [-0.25, -0.2) is 8.42 Å². The first-order chi connectivity index (χ1) is 16.0.